The molecule has 0 aliphatic heterocycles. The van der Waals surface area contributed by atoms with E-state index in [0.29, 0.717) is 6.54 Å². The summed E-state index contributed by atoms with van der Waals surface area (Å²) in [6.45, 7) is 0.430. The fourth-order valence-corrected chi connectivity index (χ4v) is 5.45. The Hall–Kier alpha value is -1.16. The maximum atomic E-state index is 12.3. The molecule has 1 aromatic rings. The Morgan fingerprint density at radius 3 is 2.32 bits per heavy atom. The van der Waals surface area contributed by atoms with Gasteiger partial charge >= 0.3 is 5.69 Å². The molecule has 4 nitrogen and oxygen atoms in total. The number of hydrogen-bond acceptors (Lipinski definition) is 3. The quantitative estimate of drug-likeness (QED) is 0.878. The first-order valence-electron chi connectivity index (χ1n) is 7.48. The van der Waals surface area contributed by atoms with Crippen LogP contribution in [0.3, 0.4) is 0 Å². The van der Waals surface area contributed by atoms with Crippen molar-refractivity contribution in [3.63, 3.8) is 0 Å². The van der Waals surface area contributed by atoms with Crippen LogP contribution in [-0.4, -0.2) is 9.55 Å². The summed E-state index contributed by atoms with van der Waals surface area (Å²) in [6.07, 6.45) is 9.24. The molecule has 4 fully saturated rings. The summed E-state index contributed by atoms with van der Waals surface area (Å²) in [5, 5.41) is 0. The van der Waals surface area contributed by atoms with Crippen LogP contribution in [0.4, 0.5) is 0 Å². The van der Waals surface area contributed by atoms with Gasteiger partial charge in [0.25, 0.3) is 0 Å². The molecule has 4 saturated carbocycles. The fraction of sp³-hybridized carbons (Fsp3) is 0.733. The van der Waals surface area contributed by atoms with Gasteiger partial charge in [-0.25, -0.2) is 9.78 Å². The van der Waals surface area contributed by atoms with Crippen LogP contribution in [0.1, 0.15) is 44.2 Å². The Balaban J connectivity index is 1.86. The first kappa shape index (κ1) is 11.6. The van der Waals surface area contributed by atoms with Crippen molar-refractivity contribution >= 4 is 0 Å². The average molecular weight is 259 g/mol. The van der Waals surface area contributed by atoms with Crippen LogP contribution in [0.25, 0.3) is 0 Å². The summed E-state index contributed by atoms with van der Waals surface area (Å²) in [6, 6.07) is 1.92. The standard InChI is InChI=1S/C15H21N3O/c16-9-13-1-2-17-14(19)18(13)15-6-10-3-11(7-15)5-12(4-10)8-15/h1-2,10-12H,3-9,16H2. The summed E-state index contributed by atoms with van der Waals surface area (Å²) in [5.74, 6) is 2.47. The lowest BCUT2D eigenvalue weighted by molar-refractivity contribution is -0.0468. The molecular formula is C15H21N3O. The van der Waals surface area contributed by atoms with Gasteiger partial charge in [-0.3, -0.25) is 4.57 Å². The molecule has 0 spiro atoms. The van der Waals surface area contributed by atoms with E-state index < -0.39 is 0 Å². The highest BCUT2D eigenvalue weighted by atomic mass is 16.1. The normalized spacial score (nSPS) is 39.7. The van der Waals surface area contributed by atoms with Gasteiger partial charge in [0.2, 0.25) is 0 Å². The van der Waals surface area contributed by atoms with Crippen molar-refractivity contribution in [2.75, 3.05) is 0 Å². The molecule has 0 unspecified atom stereocenters. The molecule has 0 amide bonds. The molecule has 2 N–H and O–H groups in total. The van der Waals surface area contributed by atoms with Crippen LogP contribution in [0.15, 0.2) is 17.1 Å². The molecule has 4 aliphatic carbocycles. The minimum atomic E-state index is -0.0927. The van der Waals surface area contributed by atoms with E-state index in [-0.39, 0.29) is 11.2 Å². The molecular weight excluding hydrogens is 238 g/mol. The van der Waals surface area contributed by atoms with Gasteiger partial charge in [-0.05, 0) is 62.3 Å². The number of rotatable bonds is 2. The lowest BCUT2D eigenvalue weighted by atomic mass is 9.53. The zero-order valence-corrected chi connectivity index (χ0v) is 11.2. The monoisotopic (exact) mass is 259 g/mol. The molecule has 4 bridgehead atoms. The highest BCUT2D eigenvalue weighted by Crippen LogP contribution is 2.58. The maximum Gasteiger partial charge on any atom is 0.348 e. The van der Waals surface area contributed by atoms with E-state index >= 15 is 0 Å². The molecule has 102 valence electrons. The van der Waals surface area contributed by atoms with E-state index in [1.807, 2.05) is 10.6 Å². The van der Waals surface area contributed by atoms with Gasteiger partial charge in [-0.15, -0.1) is 0 Å². The minimum Gasteiger partial charge on any atom is -0.325 e. The van der Waals surface area contributed by atoms with Crippen molar-refractivity contribution in [2.24, 2.45) is 23.5 Å². The van der Waals surface area contributed by atoms with Crippen molar-refractivity contribution in [1.82, 2.24) is 9.55 Å². The third kappa shape index (κ3) is 1.62. The molecule has 1 heterocycles. The third-order valence-electron chi connectivity index (χ3n) is 5.62. The Morgan fingerprint density at radius 2 is 1.79 bits per heavy atom. The van der Waals surface area contributed by atoms with Crippen LogP contribution in [0.5, 0.6) is 0 Å². The van der Waals surface area contributed by atoms with E-state index in [4.69, 9.17) is 5.73 Å². The molecule has 0 aromatic carbocycles. The van der Waals surface area contributed by atoms with Crippen molar-refractivity contribution in [1.29, 1.82) is 0 Å². The zero-order chi connectivity index (χ0) is 13.0. The molecule has 0 radical (unpaired) electrons. The molecule has 4 heteroatoms. The second-order valence-electron chi connectivity index (χ2n) is 6.90. The summed E-state index contributed by atoms with van der Waals surface area (Å²) in [4.78, 5) is 16.3. The Kier molecular flexibility index (Phi) is 2.40. The van der Waals surface area contributed by atoms with E-state index in [1.54, 1.807) is 6.20 Å². The van der Waals surface area contributed by atoms with Gasteiger partial charge in [0.15, 0.2) is 0 Å². The zero-order valence-electron chi connectivity index (χ0n) is 11.2. The van der Waals surface area contributed by atoms with Crippen LogP contribution in [-0.2, 0) is 12.1 Å². The van der Waals surface area contributed by atoms with Crippen LogP contribution in [0, 0.1) is 17.8 Å². The topological polar surface area (TPSA) is 60.9 Å². The van der Waals surface area contributed by atoms with Crippen molar-refractivity contribution in [2.45, 2.75) is 50.6 Å². The highest BCUT2D eigenvalue weighted by Gasteiger charge is 2.52. The number of nitrogens with two attached hydrogens (primary N) is 1. The minimum absolute atomic E-state index is 0.0365. The summed E-state index contributed by atoms with van der Waals surface area (Å²) in [5.41, 5.74) is 6.75. The van der Waals surface area contributed by atoms with Gasteiger partial charge in [0, 0.05) is 18.4 Å². The smallest absolute Gasteiger partial charge is 0.325 e. The second-order valence-corrected chi connectivity index (χ2v) is 6.90. The molecule has 4 aliphatic rings. The lowest BCUT2D eigenvalue weighted by Crippen LogP contribution is -2.55. The summed E-state index contributed by atoms with van der Waals surface area (Å²) >= 11 is 0. The molecule has 19 heavy (non-hydrogen) atoms. The number of aromatic nitrogens is 2. The SMILES string of the molecule is NCc1ccnc(=O)n1C12CC3CC(CC(C3)C1)C2. The van der Waals surface area contributed by atoms with E-state index in [1.165, 1.54) is 38.5 Å². The van der Waals surface area contributed by atoms with E-state index in [2.05, 4.69) is 4.98 Å². The number of nitrogens with zero attached hydrogens (tertiary/aromatic N) is 2. The van der Waals surface area contributed by atoms with Crippen LogP contribution >= 0.6 is 0 Å². The van der Waals surface area contributed by atoms with Crippen molar-refractivity contribution in [3.8, 4) is 0 Å². The average Bonchev–Trinajstić information content (AvgIpc) is 2.36. The van der Waals surface area contributed by atoms with Crippen molar-refractivity contribution < 1.29 is 0 Å². The molecule has 0 atom stereocenters. The van der Waals surface area contributed by atoms with Gasteiger partial charge < -0.3 is 5.73 Å². The second kappa shape index (κ2) is 3.92. The Morgan fingerprint density at radius 1 is 1.21 bits per heavy atom. The van der Waals surface area contributed by atoms with Gasteiger partial charge in [0.05, 0.1) is 5.54 Å². The Labute approximate surface area is 113 Å². The summed E-state index contributed by atoms with van der Waals surface area (Å²) < 4.78 is 1.97. The van der Waals surface area contributed by atoms with Gasteiger partial charge in [-0.1, -0.05) is 0 Å². The van der Waals surface area contributed by atoms with Gasteiger partial charge in [-0.2, -0.15) is 0 Å². The predicted octanol–water partition coefficient (Wildman–Crippen LogP) is 1.63. The van der Waals surface area contributed by atoms with E-state index in [9.17, 15) is 4.79 Å². The molecule has 5 rings (SSSR count). The van der Waals surface area contributed by atoms with Crippen molar-refractivity contribution in [3.05, 3.63) is 28.4 Å². The highest BCUT2D eigenvalue weighted by molar-refractivity contribution is 5.12. The largest absolute Gasteiger partial charge is 0.348 e. The lowest BCUT2D eigenvalue weighted by Gasteiger charge is -2.57. The molecule has 0 saturated heterocycles. The van der Waals surface area contributed by atoms with Crippen LogP contribution in [0.2, 0.25) is 0 Å². The van der Waals surface area contributed by atoms with E-state index in [0.717, 1.165) is 23.4 Å². The number of hydrogen-bond donors (Lipinski definition) is 1. The predicted molar refractivity (Wildman–Crippen MR) is 72.5 cm³/mol. The molecule has 1 aromatic heterocycles. The fourth-order valence-electron chi connectivity index (χ4n) is 5.45. The first-order chi connectivity index (χ1) is 9.20. The van der Waals surface area contributed by atoms with Crippen LogP contribution < -0.4 is 11.4 Å². The first-order valence-corrected chi connectivity index (χ1v) is 7.48. The Bertz CT molecular complexity index is 527. The summed E-state index contributed by atoms with van der Waals surface area (Å²) in [7, 11) is 0. The third-order valence-corrected chi connectivity index (χ3v) is 5.62. The maximum absolute atomic E-state index is 12.3. The van der Waals surface area contributed by atoms with Gasteiger partial charge in [0.1, 0.15) is 0 Å².